The summed E-state index contributed by atoms with van der Waals surface area (Å²) in [6, 6.07) is 0. The second-order valence-electron chi connectivity index (χ2n) is 5.84. The van der Waals surface area contributed by atoms with Gasteiger partial charge < -0.3 is 9.84 Å². The molecule has 0 aliphatic heterocycles. The lowest BCUT2D eigenvalue weighted by atomic mass is 9.88. The summed E-state index contributed by atoms with van der Waals surface area (Å²) >= 11 is 0. The van der Waals surface area contributed by atoms with E-state index in [-0.39, 0.29) is 5.91 Å². The van der Waals surface area contributed by atoms with E-state index < -0.39 is 0 Å². The van der Waals surface area contributed by atoms with E-state index in [1.54, 1.807) is 10.9 Å². The molecule has 1 N–H and O–H groups in total. The van der Waals surface area contributed by atoms with Crippen LogP contribution < -0.4 is 5.32 Å². The SMILES string of the molecule is Cc1c(CNC(=O)c2noc3c2CC(C)CC3)cnn1C. The van der Waals surface area contributed by atoms with E-state index in [4.69, 9.17) is 4.52 Å². The highest BCUT2D eigenvalue weighted by molar-refractivity contribution is 5.93. The van der Waals surface area contributed by atoms with Crippen molar-refractivity contribution in [2.75, 3.05) is 0 Å². The Hall–Kier alpha value is -2.11. The number of carbonyl (C=O) groups is 1. The largest absolute Gasteiger partial charge is 0.360 e. The smallest absolute Gasteiger partial charge is 0.274 e. The van der Waals surface area contributed by atoms with Crippen LogP contribution in [0.2, 0.25) is 0 Å². The minimum absolute atomic E-state index is 0.169. The van der Waals surface area contributed by atoms with Crippen molar-refractivity contribution in [3.63, 3.8) is 0 Å². The van der Waals surface area contributed by atoms with Gasteiger partial charge in [-0.05, 0) is 25.7 Å². The van der Waals surface area contributed by atoms with Crippen LogP contribution in [0.5, 0.6) is 0 Å². The lowest BCUT2D eigenvalue weighted by Crippen LogP contribution is -2.25. The molecule has 2 aromatic rings. The van der Waals surface area contributed by atoms with Crippen molar-refractivity contribution in [1.29, 1.82) is 0 Å². The zero-order chi connectivity index (χ0) is 15.0. The average Bonchev–Trinajstić information content (AvgIpc) is 3.01. The molecule has 6 nitrogen and oxygen atoms in total. The van der Waals surface area contributed by atoms with Crippen molar-refractivity contribution in [3.05, 3.63) is 34.5 Å². The van der Waals surface area contributed by atoms with Gasteiger partial charge >= 0.3 is 0 Å². The number of rotatable bonds is 3. The van der Waals surface area contributed by atoms with E-state index in [9.17, 15) is 4.79 Å². The van der Waals surface area contributed by atoms with Crippen molar-refractivity contribution < 1.29 is 9.32 Å². The predicted molar refractivity (Wildman–Crippen MR) is 76.8 cm³/mol. The number of aromatic nitrogens is 3. The number of hydrogen-bond donors (Lipinski definition) is 1. The first kappa shape index (κ1) is 13.9. The second-order valence-corrected chi connectivity index (χ2v) is 5.84. The van der Waals surface area contributed by atoms with Crippen molar-refractivity contribution in [2.24, 2.45) is 13.0 Å². The van der Waals surface area contributed by atoms with Crippen LogP contribution in [-0.2, 0) is 26.4 Å². The Labute approximate surface area is 123 Å². The van der Waals surface area contributed by atoms with Gasteiger partial charge in [-0.15, -0.1) is 0 Å². The molecule has 1 aliphatic carbocycles. The Morgan fingerprint density at radius 3 is 3.10 bits per heavy atom. The third kappa shape index (κ3) is 2.57. The molecule has 1 unspecified atom stereocenters. The van der Waals surface area contributed by atoms with Crippen LogP contribution in [-0.4, -0.2) is 20.8 Å². The van der Waals surface area contributed by atoms with E-state index in [1.165, 1.54) is 0 Å². The number of nitrogens with one attached hydrogen (secondary N) is 1. The fourth-order valence-electron chi connectivity index (χ4n) is 2.73. The fraction of sp³-hybridized carbons (Fsp3) is 0.533. The van der Waals surface area contributed by atoms with Crippen molar-refractivity contribution in [1.82, 2.24) is 20.3 Å². The molecule has 112 valence electrons. The quantitative estimate of drug-likeness (QED) is 0.934. The second kappa shape index (κ2) is 5.35. The Morgan fingerprint density at radius 2 is 2.38 bits per heavy atom. The number of fused-ring (bicyclic) bond motifs is 1. The summed E-state index contributed by atoms with van der Waals surface area (Å²) in [7, 11) is 1.88. The maximum atomic E-state index is 12.3. The number of amides is 1. The molecule has 0 saturated heterocycles. The number of aryl methyl sites for hydroxylation is 2. The third-order valence-electron chi connectivity index (χ3n) is 4.28. The van der Waals surface area contributed by atoms with E-state index in [2.05, 4.69) is 22.5 Å². The standard InChI is InChI=1S/C15H20N4O2/c1-9-4-5-13-12(6-9)14(18-21-13)15(20)16-7-11-8-17-19(3)10(11)2/h8-9H,4-7H2,1-3H3,(H,16,20). The maximum Gasteiger partial charge on any atom is 0.274 e. The molecule has 2 aromatic heterocycles. The van der Waals surface area contributed by atoms with Gasteiger partial charge in [0.1, 0.15) is 5.76 Å². The zero-order valence-electron chi connectivity index (χ0n) is 12.6. The first-order valence-electron chi connectivity index (χ1n) is 7.29. The van der Waals surface area contributed by atoms with Gasteiger partial charge in [0.2, 0.25) is 0 Å². The van der Waals surface area contributed by atoms with Crippen molar-refractivity contribution in [2.45, 2.75) is 39.7 Å². The first-order valence-corrected chi connectivity index (χ1v) is 7.29. The molecule has 0 saturated carbocycles. The number of carbonyl (C=O) groups excluding carboxylic acids is 1. The molecule has 1 aliphatic rings. The summed E-state index contributed by atoms with van der Waals surface area (Å²) in [6.45, 7) is 4.63. The maximum absolute atomic E-state index is 12.3. The lowest BCUT2D eigenvalue weighted by Gasteiger charge is -2.16. The Balaban J connectivity index is 1.72. The van der Waals surface area contributed by atoms with Crippen LogP contribution >= 0.6 is 0 Å². The molecule has 1 atom stereocenters. The topological polar surface area (TPSA) is 73.0 Å². The Morgan fingerprint density at radius 1 is 1.57 bits per heavy atom. The summed E-state index contributed by atoms with van der Waals surface area (Å²) in [5.74, 6) is 1.28. The van der Waals surface area contributed by atoms with Gasteiger partial charge in [-0.25, -0.2) is 0 Å². The average molecular weight is 288 g/mol. The predicted octanol–water partition coefficient (Wildman–Crippen LogP) is 1.77. The van der Waals surface area contributed by atoms with Gasteiger partial charge in [0, 0.05) is 36.8 Å². The molecule has 1 amide bonds. The summed E-state index contributed by atoms with van der Waals surface area (Å²) in [6.07, 6.45) is 4.61. The minimum atomic E-state index is -0.169. The monoisotopic (exact) mass is 288 g/mol. The highest BCUT2D eigenvalue weighted by Crippen LogP contribution is 2.27. The summed E-state index contributed by atoms with van der Waals surface area (Å²) in [5.41, 5.74) is 3.48. The van der Waals surface area contributed by atoms with E-state index in [0.717, 1.165) is 41.8 Å². The first-order chi connectivity index (χ1) is 10.1. The molecular weight excluding hydrogens is 268 g/mol. The fourth-order valence-corrected chi connectivity index (χ4v) is 2.73. The molecule has 0 fully saturated rings. The Bertz CT molecular complexity index is 671. The molecule has 0 bridgehead atoms. The molecule has 6 heteroatoms. The van der Waals surface area contributed by atoms with Crippen LogP contribution in [0, 0.1) is 12.8 Å². The molecular formula is C15H20N4O2. The molecule has 21 heavy (non-hydrogen) atoms. The van der Waals surface area contributed by atoms with Crippen molar-refractivity contribution in [3.8, 4) is 0 Å². The van der Waals surface area contributed by atoms with Gasteiger partial charge in [-0.3, -0.25) is 9.48 Å². The number of hydrogen-bond acceptors (Lipinski definition) is 4. The molecule has 0 spiro atoms. The van der Waals surface area contributed by atoms with Crippen LogP contribution in [0.1, 0.15) is 46.4 Å². The highest BCUT2D eigenvalue weighted by atomic mass is 16.5. The van der Waals surface area contributed by atoms with Gasteiger partial charge in [0.15, 0.2) is 5.69 Å². The van der Waals surface area contributed by atoms with Crippen molar-refractivity contribution >= 4 is 5.91 Å². The van der Waals surface area contributed by atoms with Crippen LogP contribution in [0.15, 0.2) is 10.7 Å². The molecule has 0 aromatic carbocycles. The van der Waals surface area contributed by atoms with Crippen LogP contribution in [0.25, 0.3) is 0 Å². The molecule has 0 radical (unpaired) electrons. The zero-order valence-corrected chi connectivity index (χ0v) is 12.6. The van der Waals surface area contributed by atoms with Gasteiger partial charge in [-0.1, -0.05) is 12.1 Å². The Kier molecular flexibility index (Phi) is 3.53. The van der Waals surface area contributed by atoms with E-state index in [1.807, 2.05) is 14.0 Å². The van der Waals surface area contributed by atoms with Crippen LogP contribution in [0.3, 0.4) is 0 Å². The van der Waals surface area contributed by atoms with Crippen LogP contribution in [0.4, 0.5) is 0 Å². The summed E-state index contributed by atoms with van der Waals surface area (Å²) in [5, 5.41) is 11.0. The van der Waals surface area contributed by atoms with E-state index >= 15 is 0 Å². The summed E-state index contributed by atoms with van der Waals surface area (Å²) < 4.78 is 7.10. The third-order valence-corrected chi connectivity index (χ3v) is 4.28. The highest BCUT2D eigenvalue weighted by Gasteiger charge is 2.26. The minimum Gasteiger partial charge on any atom is -0.360 e. The molecule has 3 rings (SSSR count). The van der Waals surface area contributed by atoms with Gasteiger partial charge in [-0.2, -0.15) is 5.10 Å². The summed E-state index contributed by atoms with van der Waals surface area (Å²) in [4.78, 5) is 12.3. The van der Waals surface area contributed by atoms with E-state index in [0.29, 0.717) is 18.2 Å². The number of nitrogens with zero attached hydrogens (tertiary/aromatic N) is 3. The normalized spacial score (nSPS) is 17.6. The van der Waals surface area contributed by atoms with Gasteiger partial charge in [0.25, 0.3) is 5.91 Å². The molecule has 2 heterocycles. The van der Waals surface area contributed by atoms with Gasteiger partial charge in [0.05, 0.1) is 6.20 Å². The lowest BCUT2D eigenvalue weighted by molar-refractivity contribution is 0.0941.